The summed E-state index contributed by atoms with van der Waals surface area (Å²) in [6.45, 7) is 9.70. The highest BCUT2D eigenvalue weighted by atomic mass is 16.5. The molecule has 1 aromatic heterocycles. The highest BCUT2D eigenvalue weighted by Gasteiger charge is 2.41. The van der Waals surface area contributed by atoms with Gasteiger partial charge in [0.05, 0.1) is 11.1 Å². The summed E-state index contributed by atoms with van der Waals surface area (Å²) in [7, 11) is 0. The van der Waals surface area contributed by atoms with Gasteiger partial charge in [0.15, 0.2) is 0 Å². The standard InChI is InChI=1S/C20H30N4O3/c1-14(2)11-24-12-17(22-18(25)16-10-21-7-4-15(16)3)19(26)23-20(13-24)5-8-27-9-6-20/h4,7,10,14,17H,5-6,8-9,11-13H2,1-3H3,(H,22,25)(H,23,26). The number of carbonyl (C=O) groups is 2. The van der Waals surface area contributed by atoms with E-state index in [0.29, 0.717) is 31.2 Å². The number of ether oxygens (including phenoxy) is 1. The lowest BCUT2D eigenvalue weighted by Crippen LogP contribution is -2.57. The molecule has 2 N–H and O–H groups in total. The summed E-state index contributed by atoms with van der Waals surface area (Å²) in [6, 6.07) is 1.21. The fourth-order valence-electron chi connectivity index (χ4n) is 3.97. The largest absolute Gasteiger partial charge is 0.381 e. The Hall–Kier alpha value is -1.99. The van der Waals surface area contributed by atoms with Gasteiger partial charge in [-0.1, -0.05) is 13.8 Å². The highest BCUT2D eigenvalue weighted by molar-refractivity contribution is 5.98. The Balaban J connectivity index is 1.78. The molecule has 2 fully saturated rings. The second-order valence-corrected chi connectivity index (χ2v) is 8.19. The number of aryl methyl sites for hydroxylation is 1. The highest BCUT2D eigenvalue weighted by Crippen LogP contribution is 2.25. The van der Waals surface area contributed by atoms with Gasteiger partial charge >= 0.3 is 0 Å². The average molecular weight is 374 g/mol. The first kappa shape index (κ1) is 19.8. The quantitative estimate of drug-likeness (QED) is 0.825. The molecule has 0 bridgehead atoms. The third-order valence-electron chi connectivity index (χ3n) is 5.33. The van der Waals surface area contributed by atoms with Crippen LogP contribution in [0.2, 0.25) is 0 Å². The topological polar surface area (TPSA) is 83.6 Å². The van der Waals surface area contributed by atoms with Crippen molar-refractivity contribution in [3.8, 4) is 0 Å². The number of rotatable bonds is 4. The molecule has 0 saturated carbocycles. The summed E-state index contributed by atoms with van der Waals surface area (Å²) in [6.07, 6.45) is 4.81. The lowest BCUT2D eigenvalue weighted by Gasteiger charge is -2.39. The van der Waals surface area contributed by atoms with E-state index in [4.69, 9.17) is 4.74 Å². The van der Waals surface area contributed by atoms with Crippen molar-refractivity contribution in [2.75, 3.05) is 32.8 Å². The van der Waals surface area contributed by atoms with E-state index in [1.807, 2.05) is 6.92 Å². The number of carbonyl (C=O) groups excluding carboxylic acids is 2. The minimum absolute atomic E-state index is 0.113. The molecule has 148 valence electrons. The minimum atomic E-state index is -0.585. The van der Waals surface area contributed by atoms with Crippen LogP contribution in [0.3, 0.4) is 0 Å². The number of pyridine rings is 1. The van der Waals surface area contributed by atoms with Crippen molar-refractivity contribution in [2.24, 2.45) is 5.92 Å². The molecule has 2 aliphatic heterocycles. The number of amides is 2. The Morgan fingerprint density at radius 2 is 2.19 bits per heavy atom. The Kier molecular flexibility index (Phi) is 6.11. The van der Waals surface area contributed by atoms with Crippen LogP contribution in [0.4, 0.5) is 0 Å². The normalized spacial score (nSPS) is 23.1. The number of nitrogens with zero attached hydrogens (tertiary/aromatic N) is 2. The maximum absolute atomic E-state index is 13.0. The first-order valence-electron chi connectivity index (χ1n) is 9.72. The first-order valence-corrected chi connectivity index (χ1v) is 9.72. The first-order chi connectivity index (χ1) is 12.9. The molecule has 2 saturated heterocycles. The molecule has 7 nitrogen and oxygen atoms in total. The molecule has 27 heavy (non-hydrogen) atoms. The molecule has 3 rings (SSSR count). The molecule has 0 radical (unpaired) electrons. The second-order valence-electron chi connectivity index (χ2n) is 8.19. The van der Waals surface area contributed by atoms with E-state index < -0.39 is 6.04 Å². The van der Waals surface area contributed by atoms with Crippen molar-refractivity contribution in [3.05, 3.63) is 29.6 Å². The second kappa shape index (κ2) is 8.35. The zero-order valence-corrected chi connectivity index (χ0v) is 16.5. The molecule has 3 heterocycles. The SMILES string of the molecule is Cc1ccncc1C(=O)NC1CN(CC(C)C)CC2(CCOCC2)NC1=O. The molecule has 1 unspecified atom stereocenters. The van der Waals surface area contributed by atoms with Gasteiger partial charge in [0.2, 0.25) is 5.91 Å². The van der Waals surface area contributed by atoms with Crippen molar-refractivity contribution in [2.45, 2.75) is 45.2 Å². The molecule has 0 aliphatic carbocycles. The van der Waals surface area contributed by atoms with Crippen molar-refractivity contribution < 1.29 is 14.3 Å². The predicted octanol–water partition coefficient (Wildman–Crippen LogP) is 1.13. The van der Waals surface area contributed by atoms with Crippen molar-refractivity contribution in [1.82, 2.24) is 20.5 Å². The molecule has 1 spiro atoms. The number of aromatic nitrogens is 1. The van der Waals surface area contributed by atoms with Crippen molar-refractivity contribution >= 4 is 11.8 Å². The van der Waals surface area contributed by atoms with Gasteiger partial charge in [-0.15, -0.1) is 0 Å². The van der Waals surface area contributed by atoms with Gasteiger partial charge in [0.1, 0.15) is 6.04 Å². The summed E-state index contributed by atoms with van der Waals surface area (Å²) in [5.41, 5.74) is 1.08. The van der Waals surface area contributed by atoms with Crippen LogP contribution < -0.4 is 10.6 Å². The maximum Gasteiger partial charge on any atom is 0.253 e. The Morgan fingerprint density at radius 3 is 2.85 bits per heavy atom. The predicted molar refractivity (Wildman–Crippen MR) is 102 cm³/mol. The summed E-state index contributed by atoms with van der Waals surface area (Å²) in [5, 5.41) is 6.16. The number of hydrogen-bond acceptors (Lipinski definition) is 5. The number of hydrogen-bond donors (Lipinski definition) is 2. The smallest absolute Gasteiger partial charge is 0.253 e. The van der Waals surface area contributed by atoms with E-state index >= 15 is 0 Å². The van der Waals surface area contributed by atoms with Gasteiger partial charge in [-0.05, 0) is 37.3 Å². The van der Waals surface area contributed by atoms with Crippen molar-refractivity contribution in [3.63, 3.8) is 0 Å². The molecule has 1 atom stereocenters. The summed E-state index contributed by atoms with van der Waals surface area (Å²) in [4.78, 5) is 32.0. The van der Waals surface area contributed by atoms with Gasteiger partial charge in [-0.3, -0.25) is 19.5 Å². The van der Waals surface area contributed by atoms with Gasteiger partial charge in [0.25, 0.3) is 5.91 Å². The van der Waals surface area contributed by atoms with E-state index in [1.54, 1.807) is 18.5 Å². The van der Waals surface area contributed by atoms with Gasteiger partial charge in [0, 0.05) is 45.2 Å². The zero-order valence-electron chi connectivity index (χ0n) is 16.5. The Labute approximate surface area is 160 Å². The monoisotopic (exact) mass is 374 g/mol. The maximum atomic E-state index is 13.0. The summed E-state index contributed by atoms with van der Waals surface area (Å²) < 4.78 is 5.51. The molecule has 2 aliphatic rings. The van der Waals surface area contributed by atoms with Crippen LogP contribution in [-0.4, -0.2) is 66.1 Å². The van der Waals surface area contributed by atoms with E-state index in [1.165, 1.54) is 0 Å². The van der Waals surface area contributed by atoms with Crippen LogP contribution in [0.1, 0.15) is 42.6 Å². The fraction of sp³-hybridized carbons (Fsp3) is 0.650. The van der Waals surface area contributed by atoms with Crippen molar-refractivity contribution in [1.29, 1.82) is 0 Å². The molecule has 2 amide bonds. The minimum Gasteiger partial charge on any atom is -0.381 e. The third kappa shape index (κ3) is 4.84. The van der Waals surface area contributed by atoms with E-state index in [-0.39, 0.29) is 17.4 Å². The van der Waals surface area contributed by atoms with E-state index in [9.17, 15) is 9.59 Å². The van der Waals surface area contributed by atoms with Crippen LogP contribution in [0.25, 0.3) is 0 Å². The number of nitrogens with one attached hydrogen (secondary N) is 2. The third-order valence-corrected chi connectivity index (χ3v) is 5.33. The van der Waals surface area contributed by atoms with Gasteiger partial charge in [-0.25, -0.2) is 0 Å². The van der Waals surface area contributed by atoms with Crippen LogP contribution >= 0.6 is 0 Å². The van der Waals surface area contributed by atoms with E-state index in [0.717, 1.165) is 31.5 Å². The molecule has 7 heteroatoms. The van der Waals surface area contributed by atoms with Crippen LogP contribution in [0.5, 0.6) is 0 Å². The van der Waals surface area contributed by atoms with E-state index in [2.05, 4.69) is 34.4 Å². The molecule has 0 aromatic carbocycles. The average Bonchev–Trinajstić information content (AvgIpc) is 2.72. The van der Waals surface area contributed by atoms with Crippen LogP contribution in [0.15, 0.2) is 18.5 Å². The van der Waals surface area contributed by atoms with Crippen LogP contribution in [-0.2, 0) is 9.53 Å². The zero-order chi connectivity index (χ0) is 19.4. The molecule has 1 aromatic rings. The molecular formula is C20H30N4O3. The lowest BCUT2D eigenvalue weighted by molar-refractivity contribution is -0.125. The van der Waals surface area contributed by atoms with Gasteiger partial charge < -0.3 is 15.4 Å². The fourth-order valence-corrected chi connectivity index (χ4v) is 3.97. The van der Waals surface area contributed by atoms with Crippen LogP contribution in [0, 0.1) is 12.8 Å². The Bertz CT molecular complexity index is 686. The van der Waals surface area contributed by atoms with Gasteiger partial charge in [-0.2, -0.15) is 0 Å². The molecular weight excluding hydrogens is 344 g/mol. The summed E-state index contributed by atoms with van der Waals surface area (Å²) in [5.74, 6) is 0.109. The summed E-state index contributed by atoms with van der Waals surface area (Å²) >= 11 is 0. The lowest BCUT2D eigenvalue weighted by atomic mass is 9.89. The Morgan fingerprint density at radius 1 is 1.44 bits per heavy atom.